The van der Waals surface area contributed by atoms with Gasteiger partial charge in [0.05, 0.1) is 13.7 Å². The minimum absolute atomic E-state index is 0.300. The van der Waals surface area contributed by atoms with Gasteiger partial charge in [-0.05, 0) is 25.5 Å². The van der Waals surface area contributed by atoms with Gasteiger partial charge in [0.25, 0.3) is 0 Å². The molecule has 0 spiro atoms. The van der Waals surface area contributed by atoms with E-state index in [-0.39, 0.29) is 0 Å². The van der Waals surface area contributed by atoms with Crippen LogP contribution >= 0.6 is 0 Å². The first kappa shape index (κ1) is 10.5. The first-order valence-electron chi connectivity index (χ1n) is 4.36. The molecule has 0 saturated heterocycles. The lowest BCUT2D eigenvalue weighted by atomic mass is 10.2. The lowest BCUT2D eigenvalue weighted by Crippen LogP contribution is -2.08. The van der Waals surface area contributed by atoms with Crippen molar-refractivity contribution in [3.8, 4) is 5.88 Å². The van der Waals surface area contributed by atoms with Crippen LogP contribution in [0.1, 0.15) is 22.8 Å². The molecule has 1 aromatic rings. The summed E-state index contributed by atoms with van der Waals surface area (Å²) in [6, 6.07) is 1.70. The molecule has 0 unspecified atom stereocenters. The van der Waals surface area contributed by atoms with Crippen LogP contribution in [0.25, 0.3) is 0 Å². The van der Waals surface area contributed by atoms with Crippen molar-refractivity contribution in [1.82, 2.24) is 4.98 Å². The van der Waals surface area contributed by atoms with Gasteiger partial charge in [0.1, 0.15) is 5.56 Å². The highest BCUT2D eigenvalue weighted by Gasteiger charge is 2.14. The molecule has 1 aromatic heterocycles. The summed E-state index contributed by atoms with van der Waals surface area (Å²) in [5.74, 6) is -0.102. The molecule has 0 N–H and O–H groups in total. The number of rotatable bonds is 3. The number of esters is 1. The normalized spacial score (nSPS) is 9.64. The van der Waals surface area contributed by atoms with Crippen LogP contribution in [0, 0.1) is 6.92 Å². The quantitative estimate of drug-likeness (QED) is 0.687. The Bertz CT molecular complexity index is 336. The van der Waals surface area contributed by atoms with Crippen molar-refractivity contribution in [3.05, 3.63) is 23.4 Å². The third-order valence-electron chi connectivity index (χ3n) is 1.68. The highest BCUT2D eigenvalue weighted by Crippen LogP contribution is 2.16. The van der Waals surface area contributed by atoms with Crippen LogP contribution in [-0.4, -0.2) is 24.7 Å². The van der Waals surface area contributed by atoms with Crippen LogP contribution < -0.4 is 4.74 Å². The van der Waals surface area contributed by atoms with Gasteiger partial charge in [-0.25, -0.2) is 9.78 Å². The van der Waals surface area contributed by atoms with Crippen molar-refractivity contribution >= 4 is 5.97 Å². The Morgan fingerprint density at radius 1 is 1.57 bits per heavy atom. The monoisotopic (exact) mass is 195 g/mol. The Morgan fingerprint density at radius 2 is 2.29 bits per heavy atom. The fourth-order valence-corrected chi connectivity index (χ4v) is 1.07. The van der Waals surface area contributed by atoms with Gasteiger partial charge < -0.3 is 9.47 Å². The summed E-state index contributed by atoms with van der Waals surface area (Å²) >= 11 is 0. The summed E-state index contributed by atoms with van der Waals surface area (Å²) in [6.45, 7) is 3.96. The third-order valence-corrected chi connectivity index (χ3v) is 1.68. The van der Waals surface area contributed by atoms with Crippen LogP contribution in [0.3, 0.4) is 0 Å². The fourth-order valence-electron chi connectivity index (χ4n) is 1.07. The van der Waals surface area contributed by atoms with E-state index >= 15 is 0 Å². The second-order valence-electron chi connectivity index (χ2n) is 2.79. The minimum atomic E-state index is -0.402. The van der Waals surface area contributed by atoms with Gasteiger partial charge in [0.15, 0.2) is 0 Å². The van der Waals surface area contributed by atoms with E-state index in [1.165, 1.54) is 7.11 Å². The summed E-state index contributed by atoms with van der Waals surface area (Å²) < 4.78 is 9.82. The lowest BCUT2D eigenvalue weighted by molar-refractivity contribution is 0.0521. The van der Waals surface area contributed by atoms with Crippen LogP contribution in [-0.2, 0) is 4.74 Å². The standard InChI is InChI=1S/C10H13NO3/c1-4-14-10(12)8-5-7(2)6-11-9(8)13-3/h5-6H,4H2,1-3H3. The SMILES string of the molecule is CCOC(=O)c1cc(C)cnc1OC. The third kappa shape index (κ3) is 2.22. The molecular weight excluding hydrogens is 182 g/mol. The summed E-state index contributed by atoms with van der Waals surface area (Å²) in [6.07, 6.45) is 1.64. The molecule has 14 heavy (non-hydrogen) atoms. The zero-order valence-corrected chi connectivity index (χ0v) is 8.53. The van der Waals surface area contributed by atoms with Crippen LogP contribution in [0.4, 0.5) is 0 Å². The number of carbonyl (C=O) groups is 1. The van der Waals surface area contributed by atoms with E-state index in [1.807, 2.05) is 6.92 Å². The Labute approximate surface area is 82.9 Å². The first-order valence-corrected chi connectivity index (χ1v) is 4.36. The van der Waals surface area contributed by atoms with Gasteiger partial charge in [-0.2, -0.15) is 0 Å². The number of carbonyl (C=O) groups excluding carboxylic acids is 1. The van der Waals surface area contributed by atoms with E-state index < -0.39 is 5.97 Å². The minimum Gasteiger partial charge on any atom is -0.480 e. The van der Waals surface area contributed by atoms with E-state index in [9.17, 15) is 4.79 Å². The summed E-state index contributed by atoms with van der Waals surface area (Å²) in [7, 11) is 1.47. The molecule has 0 aromatic carbocycles. The molecule has 0 aliphatic heterocycles. The van der Waals surface area contributed by atoms with Crippen molar-refractivity contribution in [3.63, 3.8) is 0 Å². The molecule has 4 nitrogen and oxygen atoms in total. The number of hydrogen-bond acceptors (Lipinski definition) is 4. The Hall–Kier alpha value is -1.58. The number of aromatic nitrogens is 1. The topological polar surface area (TPSA) is 48.4 Å². The van der Waals surface area contributed by atoms with E-state index in [2.05, 4.69) is 4.98 Å². The summed E-state index contributed by atoms with van der Waals surface area (Å²) in [5, 5.41) is 0. The number of hydrogen-bond donors (Lipinski definition) is 0. The van der Waals surface area contributed by atoms with Gasteiger partial charge >= 0.3 is 5.97 Å². The molecule has 0 bridgehead atoms. The number of pyridine rings is 1. The first-order chi connectivity index (χ1) is 6.69. The second kappa shape index (κ2) is 4.60. The zero-order valence-electron chi connectivity index (χ0n) is 8.53. The number of aryl methyl sites for hydroxylation is 1. The maximum Gasteiger partial charge on any atom is 0.343 e. The Morgan fingerprint density at radius 3 is 2.86 bits per heavy atom. The average Bonchev–Trinajstić information content (AvgIpc) is 2.18. The summed E-state index contributed by atoms with van der Waals surface area (Å²) in [5.41, 5.74) is 1.27. The van der Waals surface area contributed by atoms with E-state index in [1.54, 1.807) is 19.2 Å². The Balaban J connectivity index is 3.03. The van der Waals surface area contributed by atoms with Gasteiger partial charge in [-0.1, -0.05) is 0 Å². The van der Waals surface area contributed by atoms with Crippen LogP contribution in [0.5, 0.6) is 5.88 Å². The van der Waals surface area contributed by atoms with E-state index in [0.717, 1.165) is 5.56 Å². The van der Waals surface area contributed by atoms with Gasteiger partial charge in [-0.3, -0.25) is 0 Å². The molecule has 0 aliphatic rings. The molecule has 4 heteroatoms. The largest absolute Gasteiger partial charge is 0.480 e. The number of ether oxygens (including phenoxy) is 2. The molecule has 1 heterocycles. The highest BCUT2D eigenvalue weighted by molar-refractivity contribution is 5.92. The molecule has 76 valence electrons. The maximum atomic E-state index is 11.4. The predicted octanol–water partition coefficient (Wildman–Crippen LogP) is 1.58. The fraction of sp³-hybridized carbons (Fsp3) is 0.400. The average molecular weight is 195 g/mol. The van der Waals surface area contributed by atoms with Crippen molar-refractivity contribution < 1.29 is 14.3 Å². The Kier molecular flexibility index (Phi) is 3.45. The van der Waals surface area contributed by atoms with Gasteiger partial charge in [0.2, 0.25) is 5.88 Å². The van der Waals surface area contributed by atoms with Crippen molar-refractivity contribution in [2.24, 2.45) is 0 Å². The molecule has 0 fully saturated rings. The van der Waals surface area contributed by atoms with Crippen molar-refractivity contribution in [2.45, 2.75) is 13.8 Å². The molecule has 0 aliphatic carbocycles. The summed E-state index contributed by atoms with van der Waals surface area (Å²) in [4.78, 5) is 15.4. The van der Waals surface area contributed by atoms with Crippen molar-refractivity contribution in [2.75, 3.05) is 13.7 Å². The molecule has 0 amide bonds. The van der Waals surface area contributed by atoms with Gasteiger partial charge in [-0.15, -0.1) is 0 Å². The second-order valence-corrected chi connectivity index (χ2v) is 2.79. The van der Waals surface area contributed by atoms with E-state index in [4.69, 9.17) is 9.47 Å². The molecule has 0 radical (unpaired) electrons. The van der Waals surface area contributed by atoms with Crippen LogP contribution in [0.2, 0.25) is 0 Å². The maximum absolute atomic E-state index is 11.4. The highest BCUT2D eigenvalue weighted by atomic mass is 16.5. The number of nitrogens with zero attached hydrogens (tertiary/aromatic N) is 1. The molecular formula is C10H13NO3. The predicted molar refractivity (Wildman–Crippen MR) is 51.5 cm³/mol. The molecule has 0 saturated carbocycles. The number of methoxy groups -OCH3 is 1. The van der Waals surface area contributed by atoms with Gasteiger partial charge in [0, 0.05) is 6.20 Å². The van der Waals surface area contributed by atoms with Crippen LogP contribution in [0.15, 0.2) is 12.3 Å². The molecule has 1 rings (SSSR count). The lowest BCUT2D eigenvalue weighted by Gasteiger charge is -2.06. The smallest absolute Gasteiger partial charge is 0.343 e. The van der Waals surface area contributed by atoms with Crippen molar-refractivity contribution in [1.29, 1.82) is 0 Å². The zero-order chi connectivity index (χ0) is 10.6. The van der Waals surface area contributed by atoms with E-state index in [0.29, 0.717) is 18.1 Å². The molecule has 0 atom stereocenters.